The molecule has 4 nitrogen and oxygen atoms in total. The third-order valence-corrected chi connectivity index (χ3v) is 4.96. The third kappa shape index (κ3) is 4.11. The van der Waals surface area contributed by atoms with Gasteiger partial charge in [-0.1, -0.05) is 26.2 Å². The molecule has 20 heavy (non-hydrogen) atoms. The van der Waals surface area contributed by atoms with Gasteiger partial charge in [0, 0.05) is 25.7 Å². The fourth-order valence-electron chi connectivity index (χ4n) is 3.69. The Hall–Kier alpha value is -0.770. The highest BCUT2D eigenvalue weighted by molar-refractivity contribution is 5.74. The monoisotopic (exact) mass is 282 g/mol. The number of aliphatic hydroxyl groups excluding tert-OH is 1. The maximum Gasteiger partial charge on any atom is 0.317 e. The Kier molecular flexibility index (Phi) is 6.14. The van der Waals surface area contributed by atoms with E-state index in [9.17, 15) is 9.90 Å². The van der Waals surface area contributed by atoms with Crippen LogP contribution >= 0.6 is 0 Å². The zero-order valence-electron chi connectivity index (χ0n) is 12.8. The van der Waals surface area contributed by atoms with E-state index in [2.05, 4.69) is 12.2 Å². The van der Waals surface area contributed by atoms with Gasteiger partial charge >= 0.3 is 6.03 Å². The number of carbonyl (C=O) groups excluding carboxylic acids is 1. The van der Waals surface area contributed by atoms with E-state index in [-0.39, 0.29) is 18.6 Å². The van der Waals surface area contributed by atoms with Crippen molar-refractivity contribution >= 4 is 6.03 Å². The minimum Gasteiger partial charge on any atom is -0.396 e. The maximum atomic E-state index is 12.4. The summed E-state index contributed by atoms with van der Waals surface area (Å²) in [5, 5.41) is 12.5. The van der Waals surface area contributed by atoms with Gasteiger partial charge in [-0.2, -0.15) is 0 Å². The summed E-state index contributed by atoms with van der Waals surface area (Å²) >= 11 is 0. The van der Waals surface area contributed by atoms with Crippen LogP contribution < -0.4 is 5.32 Å². The first-order chi connectivity index (χ1) is 9.74. The number of unbranched alkanes of at least 4 members (excludes halogenated alkanes) is 1. The van der Waals surface area contributed by atoms with Gasteiger partial charge in [-0.05, 0) is 43.9 Å². The molecule has 116 valence electrons. The van der Waals surface area contributed by atoms with Crippen molar-refractivity contribution in [3.05, 3.63) is 0 Å². The SMILES string of the molecule is CCCCC1CCCC1NC(=O)N1CCCC(CO)C1. The van der Waals surface area contributed by atoms with Crippen molar-refractivity contribution in [3.8, 4) is 0 Å². The number of aliphatic hydroxyl groups is 1. The van der Waals surface area contributed by atoms with E-state index in [1.807, 2.05) is 4.90 Å². The Bertz CT molecular complexity index is 309. The molecule has 3 unspecified atom stereocenters. The van der Waals surface area contributed by atoms with Gasteiger partial charge in [0.25, 0.3) is 0 Å². The number of nitrogens with zero attached hydrogens (tertiary/aromatic N) is 1. The summed E-state index contributed by atoms with van der Waals surface area (Å²) in [4.78, 5) is 14.3. The molecule has 1 saturated heterocycles. The topological polar surface area (TPSA) is 52.6 Å². The van der Waals surface area contributed by atoms with Crippen LogP contribution in [0.15, 0.2) is 0 Å². The summed E-state index contributed by atoms with van der Waals surface area (Å²) in [5.74, 6) is 0.950. The minimum atomic E-state index is 0.0940. The Morgan fingerprint density at radius 1 is 1.30 bits per heavy atom. The Labute approximate surface area is 122 Å². The number of piperidine rings is 1. The minimum absolute atomic E-state index is 0.0940. The van der Waals surface area contributed by atoms with Crippen LogP contribution in [-0.4, -0.2) is 41.8 Å². The third-order valence-electron chi connectivity index (χ3n) is 4.96. The standard InChI is InChI=1S/C16H30N2O2/c1-2-3-7-14-8-4-9-15(14)17-16(20)18-10-5-6-13(11-18)12-19/h13-15,19H,2-12H2,1H3,(H,17,20). The summed E-state index contributed by atoms with van der Waals surface area (Å²) in [7, 11) is 0. The molecule has 2 N–H and O–H groups in total. The zero-order chi connectivity index (χ0) is 14.4. The van der Waals surface area contributed by atoms with Gasteiger partial charge in [0.05, 0.1) is 0 Å². The van der Waals surface area contributed by atoms with Crippen molar-refractivity contribution in [1.29, 1.82) is 0 Å². The average Bonchev–Trinajstić information content (AvgIpc) is 2.92. The van der Waals surface area contributed by atoms with E-state index < -0.39 is 0 Å². The van der Waals surface area contributed by atoms with E-state index in [1.165, 1.54) is 32.1 Å². The van der Waals surface area contributed by atoms with Crippen molar-refractivity contribution in [1.82, 2.24) is 10.2 Å². The highest BCUT2D eigenvalue weighted by atomic mass is 16.3. The zero-order valence-corrected chi connectivity index (χ0v) is 12.8. The number of carbonyl (C=O) groups is 1. The van der Waals surface area contributed by atoms with Crippen LogP contribution in [0.25, 0.3) is 0 Å². The highest BCUT2D eigenvalue weighted by Crippen LogP contribution is 2.30. The molecule has 0 aromatic rings. The molecule has 1 heterocycles. The molecule has 1 aliphatic heterocycles. The van der Waals surface area contributed by atoms with Crippen LogP contribution in [0, 0.1) is 11.8 Å². The van der Waals surface area contributed by atoms with Crippen LogP contribution in [0.5, 0.6) is 0 Å². The smallest absolute Gasteiger partial charge is 0.317 e. The quantitative estimate of drug-likeness (QED) is 0.814. The predicted molar refractivity (Wildman–Crippen MR) is 80.6 cm³/mol. The van der Waals surface area contributed by atoms with E-state index in [0.29, 0.717) is 18.5 Å². The summed E-state index contributed by atoms with van der Waals surface area (Å²) in [6.07, 6.45) is 9.47. The van der Waals surface area contributed by atoms with Crippen LogP contribution in [0.2, 0.25) is 0 Å². The molecular weight excluding hydrogens is 252 g/mol. The number of likely N-dealkylation sites (tertiary alicyclic amines) is 1. The van der Waals surface area contributed by atoms with Gasteiger partial charge in [-0.15, -0.1) is 0 Å². The van der Waals surface area contributed by atoms with Gasteiger partial charge in [0.2, 0.25) is 0 Å². The number of urea groups is 1. The Morgan fingerprint density at radius 3 is 2.90 bits per heavy atom. The lowest BCUT2D eigenvalue weighted by Crippen LogP contribution is -2.49. The van der Waals surface area contributed by atoms with E-state index in [4.69, 9.17) is 0 Å². The van der Waals surface area contributed by atoms with Crippen LogP contribution in [0.4, 0.5) is 4.79 Å². The van der Waals surface area contributed by atoms with Crippen molar-refractivity contribution < 1.29 is 9.90 Å². The first-order valence-electron chi connectivity index (χ1n) is 8.41. The number of hydrogen-bond donors (Lipinski definition) is 2. The van der Waals surface area contributed by atoms with Crippen LogP contribution in [0.3, 0.4) is 0 Å². The van der Waals surface area contributed by atoms with Crippen LogP contribution in [-0.2, 0) is 0 Å². The second-order valence-corrected chi connectivity index (χ2v) is 6.53. The molecule has 0 spiro atoms. The number of nitrogens with one attached hydrogen (secondary N) is 1. The lowest BCUT2D eigenvalue weighted by Gasteiger charge is -2.33. The van der Waals surface area contributed by atoms with Crippen molar-refractivity contribution in [3.63, 3.8) is 0 Å². The summed E-state index contributed by atoms with van der Waals surface area (Å²) in [5.41, 5.74) is 0. The summed E-state index contributed by atoms with van der Waals surface area (Å²) < 4.78 is 0. The second-order valence-electron chi connectivity index (χ2n) is 6.53. The van der Waals surface area contributed by atoms with Crippen LogP contribution in [0.1, 0.15) is 58.3 Å². The fraction of sp³-hybridized carbons (Fsp3) is 0.938. The normalized spacial score (nSPS) is 30.5. The molecule has 2 rings (SSSR count). The molecular formula is C16H30N2O2. The molecule has 1 aliphatic carbocycles. The lowest BCUT2D eigenvalue weighted by atomic mass is 9.96. The summed E-state index contributed by atoms with van der Waals surface area (Å²) in [6.45, 7) is 3.99. The lowest BCUT2D eigenvalue weighted by molar-refractivity contribution is 0.126. The van der Waals surface area contributed by atoms with Gasteiger partial charge in [0.15, 0.2) is 0 Å². The summed E-state index contributed by atoms with van der Waals surface area (Å²) in [6, 6.07) is 0.472. The number of hydrogen-bond acceptors (Lipinski definition) is 2. The fourth-order valence-corrected chi connectivity index (χ4v) is 3.69. The van der Waals surface area contributed by atoms with Gasteiger partial charge < -0.3 is 15.3 Å². The first-order valence-corrected chi connectivity index (χ1v) is 8.41. The highest BCUT2D eigenvalue weighted by Gasteiger charge is 2.30. The molecule has 2 amide bonds. The van der Waals surface area contributed by atoms with E-state index >= 15 is 0 Å². The van der Waals surface area contributed by atoms with Crippen molar-refractivity contribution in [2.75, 3.05) is 19.7 Å². The molecule has 4 heteroatoms. The van der Waals surface area contributed by atoms with E-state index in [1.54, 1.807) is 0 Å². The number of amides is 2. The largest absolute Gasteiger partial charge is 0.396 e. The van der Waals surface area contributed by atoms with Crippen molar-refractivity contribution in [2.24, 2.45) is 11.8 Å². The Morgan fingerprint density at radius 2 is 2.15 bits per heavy atom. The molecule has 0 bridgehead atoms. The molecule has 0 aromatic heterocycles. The number of rotatable bonds is 5. The molecule has 0 aromatic carbocycles. The van der Waals surface area contributed by atoms with Gasteiger partial charge in [-0.25, -0.2) is 4.79 Å². The second kappa shape index (κ2) is 7.87. The first kappa shape index (κ1) is 15.6. The van der Waals surface area contributed by atoms with Crippen molar-refractivity contribution in [2.45, 2.75) is 64.3 Å². The molecule has 2 aliphatic rings. The van der Waals surface area contributed by atoms with Gasteiger partial charge in [-0.3, -0.25) is 0 Å². The molecule has 3 atom stereocenters. The molecule has 2 fully saturated rings. The predicted octanol–water partition coefficient (Wildman–Crippen LogP) is 2.76. The average molecular weight is 282 g/mol. The Balaban J connectivity index is 1.80. The van der Waals surface area contributed by atoms with Gasteiger partial charge in [0.1, 0.15) is 0 Å². The maximum absolute atomic E-state index is 12.4. The molecule has 1 saturated carbocycles. The molecule has 0 radical (unpaired) electrons. The van der Waals surface area contributed by atoms with E-state index in [0.717, 1.165) is 25.8 Å².